The first-order chi connectivity index (χ1) is 10.5. The van der Waals surface area contributed by atoms with Gasteiger partial charge in [0.25, 0.3) is 0 Å². The van der Waals surface area contributed by atoms with Crippen molar-refractivity contribution in [3.05, 3.63) is 35.9 Å². The summed E-state index contributed by atoms with van der Waals surface area (Å²) in [4.78, 5) is 12.2. The molecule has 0 heterocycles. The van der Waals surface area contributed by atoms with Crippen molar-refractivity contribution in [1.82, 2.24) is 10.6 Å². The van der Waals surface area contributed by atoms with Crippen molar-refractivity contribution in [3.63, 3.8) is 0 Å². The molecule has 2 amide bonds. The number of benzene rings is 1. The van der Waals surface area contributed by atoms with Gasteiger partial charge >= 0.3 is 6.03 Å². The molecule has 0 radical (unpaired) electrons. The summed E-state index contributed by atoms with van der Waals surface area (Å²) in [6, 6.07) is 9.19. The number of hydrogen-bond donors (Lipinski definition) is 2. The lowest BCUT2D eigenvalue weighted by Crippen LogP contribution is -2.45. The third-order valence-corrected chi connectivity index (χ3v) is 4.55. The molecule has 23 heavy (non-hydrogen) atoms. The fourth-order valence-electron chi connectivity index (χ4n) is 2.30. The van der Waals surface area contributed by atoms with E-state index in [2.05, 4.69) is 31.4 Å². The first-order valence-electron chi connectivity index (χ1n) is 7.79. The van der Waals surface area contributed by atoms with Crippen molar-refractivity contribution in [2.24, 2.45) is 5.41 Å². The number of hydrogen-bond acceptors (Lipinski definition) is 3. The maximum Gasteiger partial charge on any atom is 0.315 e. The number of sulfone groups is 1. The zero-order chi connectivity index (χ0) is 17.7. The molecule has 0 saturated carbocycles. The molecule has 0 aliphatic carbocycles. The van der Waals surface area contributed by atoms with Gasteiger partial charge in [0.15, 0.2) is 0 Å². The largest absolute Gasteiger partial charge is 0.336 e. The van der Waals surface area contributed by atoms with Crippen molar-refractivity contribution in [3.8, 4) is 0 Å². The Morgan fingerprint density at radius 3 is 2.17 bits per heavy atom. The van der Waals surface area contributed by atoms with Gasteiger partial charge in [0.05, 0.1) is 11.8 Å². The normalized spacial score (nSPS) is 14.8. The molecule has 6 heteroatoms. The van der Waals surface area contributed by atoms with Crippen LogP contribution in [0.2, 0.25) is 0 Å². The molecular formula is C17H28N2O3S. The predicted octanol–water partition coefficient (Wildman–Crippen LogP) is 2.90. The molecule has 0 spiro atoms. The topological polar surface area (TPSA) is 75.3 Å². The number of urea groups is 1. The summed E-state index contributed by atoms with van der Waals surface area (Å²) in [7, 11) is -3.02. The van der Waals surface area contributed by atoms with E-state index in [9.17, 15) is 13.2 Å². The number of carbonyl (C=O) groups is 1. The van der Waals surface area contributed by atoms with Gasteiger partial charge in [0.1, 0.15) is 9.84 Å². The third-order valence-electron chi connectivity index (χ3n) is 3.57. The monoisotopic (exact) mass is 340 g/mol. The molecule has 2 unspecified atom stereocenters. The fourth-order valence-corrected chi connectivity index (χ4v) is 3.09. The highest BCUT2D eigenvalue weighted by atomic mass is 32.2. The molecule has 130 valence electrons. The third kappa shape index (κ3) is 7.50. The van der Waals surface area contributed by atoms with Crippen LogP contribution in [0.3, 0.4) is 0 Å². The molecule has 0 aromatic heterocycles. The van der Waals surface area contributed by atoms with Crippen LogP contribution in [-0.2, 0) is 9.84 Å². The number of amides is 2. The smallest absolute Gasteiger partial charge is 0.315 e. The van der Waals surface area contributed by atoms with E-state index in [1.165, 1.54) is 6.26 Å². The van der Waals surface area contributed by atoms with Crippen LogP contribution in [-0.4, -0.2) is 32.5 Å². The Hall–Kier alpha value is -1.56. The lowest BCUT2D eigenvalue weighted by Gasteiger charge is -2.32. The molecule has 0 aliphatic rings. The lowest BCUT2D eigenvalue weighted by atomic mass is 9.82. The fraction of sp³-hybridized carbons (Fsp3) is 0.588. The summed E-state index contributed by atoms with van der Waals surface area (Å²) in [5, 5.41) is 5.81. The molecule has 1 aromatic rings. The maximum absolute atomic E-state index is 12.2. The van der Waals surface area contributed by atoms with Gasteiger partial charge in [-0.25, -0.2) is 13.2 Å². The van der Waals surface area contributed by atoms with E-state index in [-0.39, 0.29) is 29.3 Å². The van der Waals surface area contributed by atoms with Gasteiger partial charge in [-0.1, -0.05) is 51.1 Å². The highest BCUT2D eigenvalue weighted by molar-refractivity contribution is 7.90. The minimum Gasteiger partial charge on any atom is -0.336 e. The second kappa shape index (κ2) is 7.81. The van der Waals surface area contributed by atoms with E-state index in [4.69, 9.17) is 0 Å². The van der Waals surface area contributed by atoms with Crippen LogP contribution in [0.25, 0.3) is 0 Å². The maximum atomic E-state index is 12.2. The van der Waals surface area contributed by atoms with Crippen molar-refractivity contribution in [2.75, 3.05) is 12.0 Å². The SMILES string of the molecule is CC(CCS(C)(=O)=O)NC(=O)NC(c1ccccc1)C(C)(C)C. The summed E-state index contributed by atoms with van der Waals surface area (Å²) in [6.45, 7) is 8.01. The standard InChI is InChI=1S/C17H28N2O3S/c1-13(11-12-23(5,21)22)18-16(20)19-15(17(2,3)4)14-9-7-6-8-10-14/h6-10,13,15H,11-12H2,1-5H3,(H2,18,19,20). The highest BCUT2D eigenvalue weighted by Crippen LogP contribution is 2.32. The quantitative estimate of drug-likeness (QED) is 0.836. The zero-order valence-corrected chi connectivity index (χ0v) is 15.4. The molecule has 0 bridgehead atoms. The van der Waals surface area contributed by atoms with E-state index < -0.39 is 9.84 Å². The molecule has 2 N–H and O–H groups in total. The van der Waals surface area contributed by atoms with Crippen molar-refractivity contribution < 1.29 is 13.2 Å². The Bertz CT molecular complexity index is 606. The molecule has 0 saturated heterocycles. The van der Waals surface area contributed by atoms with E-state index in [1.54, 1.807) is 6.92 Å². The summed E-state index contributed by atoms with van der Waals surface area (Å²) < 4.78 is 22.4. The Labute approximate surface area is 139 Å². The number of nitrogens with one attached hydrogen (secondary N) is 2. The Kier molecular flexibility index (Phi) is 6.62. The van der Waals surface area contributed by atoms with Crippen LogP contribution in [0.1, 0.15) is 45.7 Å². The second-order valence-electron chi connectivity index (χ2n) is 7.15. The van der Waals surface area contributed by atoms with Crippen LogP contribution < -0.4 is 10.6 Å². The van der Waals surface area contributed by atoms with E-state index in [0.29, 0.717) is 6.42 Å². The highest BCUT2D eigenvalue weighted by Gasteiger charge is 2.28. The van der Waals surface area contributed by atoms with Gasteiger partial charge in [0, 0.05) is 12.3 Å². The molecule has 5 nitrogen and oxygen atoms in total. The summed E-state index contributed by atoms with van der Waals surface area (Å²) in [5.41, 5.74) is 0.897. The van der Waals surface area contributed by atoms with Crippen molar-refractivity contribution in [2.45, 2.75) is 46.2 Å². The average Bonchev–Trinajstić information content (AvgIpc) is 2.41. The first kappa shape index (κ1) is 19.5. The van der Waals surface area contributed by atoms with E-state index >= 15 is 0 Å². The van der Waals surface area contributed by atoms with Gasteiger partial charge in [-0.2, -0.15) is 0 Å². The van der Waals surface area contributed by atoms with Crippen molar-refractivity contribution in [1.29, 1.82) is 0 Å². The molecule has 0 fully saturated rings. The van der Waals surface area contributed by atoms with E-state index in [1.807, 2.05) is 30.3 Å². The Morgan fingerprint density at radius 2 is 1.70 bits per heavy atom. The molecular weight excluding hydrogens is 312 g/mol. The van der Waals surface area contributed by atoms with Crippen LogP contribution in [0.5, 0.6) is 0 Å². The molecule has 0 aliphatic heterocycles. The van der Waals surface area contributed by atoms with Crippen LogP contribution in [0.4, 0.5) is 4.79 Å². The zero-order valence-electron chi connectivity index (χ0n) is 14.6. The lowest BCUT2D eigenvalue weighted by molar-refractivity contribution is 0.215. The Balaban J connectivity index is 2.68. The van der Waals surface area contributed by atoms with Gasteiger partial charge in [-0.05, 0) is 24.3 Å². The minimum atomic E-state index is -3.02. The summed E-state index contributed by atoms with van der Waals surface area (Å²) in [6.07, 6.45) is 1.60. The van der Waals surface area contributed by atoms with Crippen LogP contribution >= 0.6 is 0 Å². The van der Waals surface area contributed by atoms with E-state index in [0.717, 1.165) is 5.56 Å². The second-order valence-corrected chi connectivity index (χ2v) is 9.41. The van der Waals surface area contributed by atoms with Gasteiger partial charge in [0.2, 0.25) is 0 Å². The van der Waals surface area contributed by atoms with Crippen LogP contribution in [0.15, 0.2) is 30.3 Å². The van der Waals surface area contributed by atoms with Gasteiger partial charge < -0.3 is 10.6 Å². The van der Waals surface area contributed by atoms with Crippen LogP contribution in [0, 0.1) is 5.41 Å². The molecule has 2 atom stereocenters. The minimum absolute atomic E-state index is 0.0653. The summed E-state index contributed by atoms with van der Waals surface area (Å²) >= 11 is 0. The van der Waals surface area contributed by atoms with Gasteiger partial charge in [-0.3, -0.25) is 0 Å². The predicted molar refractivity (Wildman–Crippen MR) is 94.1 cm³/mol. The number of rotatable bonds is 6. The molecule has 1 aromatic carbocycles. The average molecular weight is 340 g/mol. The first-order valence-corrected chi connectivity index (χ1v) is 9.85. The van der Waals surface area contributed by atoms with Gasteiger partial charge in [-0.15, -0.1) is 0 Å². The Morgan fingerprint density at radius 1 is 1.13 bits per heavy atom. The van der Waals surface area contributed by atoms with Crippen molar-refractivity contribution >= 4 is 15.9 Å². The number of carbonyl (C=O) groups excluding carboxylic acids is 1. The molecule has 1 rings (SSSR count). The summed E-state index contributed by atoms with van der Waals surface area (Å²) in [5.74, 6) is 0.0653.